The van der Waals surface area contributed by atoms with Crippen molar-refractivity contribution in [2.24, 2.45) is 0 Å². The maximum Gasteiger partial charge on any atom is 0.240 e. The van der Waals surface area contributed by atoms with Crippen molar-refractivity contribution in [2.75, 3.05) is 26.3 Å². The number of hydrogen-bond donors (Lipinski definition) is 1. The van der Waals surface area contributed by atoms with Gasteiger partial charge in [-0.2, -0.15) is 0 Å². The fraction of sp³-hybridized carbons (Fsp3) is 0.238. The predicted molar refractivity (Wildman–Crippen MR) is 112 cm³/mol. The molecule has 8 heteroatoms. The van der Waals surface area contributed by atoms with Gasteiger partial charge in [-0.15, -0.1) is 10.2 Å². The molecule has 4 aromatic rings. The van der Waals surface area contributed by atoms with Crippen LogP contribution in [0.4, 0.5) is 0 Å². The zero-order valence-corrected chi connectivity index (χ0v) is 16.4. The van der Waals surface area contributed by atoms with Gasteiger partial charge in [0.05, 0.1) is 13.2 Å². The highest BCUT2D eigenvalue weighted by molar-refractivity contribution is 8.00. The highest BCUT2D eigenvalue weighted by Gasteiger charge is 2.29. The fourth-order valence-corrected chi connectivity index (χ4v) is 4.49. The topological polar surface area (TPSA) is 84.0 Å². The van der Waals surface area contributed by atoms with Crippen LogP contribution in [0.2, 0.25) is 0 Å². The highest BCUT2D eigenvalue weighted by Crippen LogP contribution is 2.35. The Bertz CT molecular complexity index is 1160. The van der Waals surface area contributed by atoms with Crippen molar-refractivity contribution in [3.8, 4) is 0 Å². The quantitative estimate of drug-likeness (QED) is 0.525. The van der Waals surface area contributed by atoms with E-state index in [-0.39, 0.29) is 5.91 Å². The number of hydrogen-bond acceptors (Lipinski definition) is 6. The molecule has 3 heterocycles. The minimum atomic E-state index is -0.432. The summed E-state index contributed by atoms with van der Waals surface area (Å²) < 4.78 is 5.39. The number of amides is 1. The van der Waals surface area contributed by atoms with E-state index in [1.165, 1.54) is 11.8 Å². The number of H-pyrrole nitrogens is 1. The molecule has 0 radical (unpaired) electrons. The van der Waals surface area contributed by atoms with Gasteiger partial charge in [-0.05, 0) is 11.6 Å². The van der Waals surface area contributed by atoms with E-state index >= 15 is 0 Å². The first-order valence-electron chi connectivity index (χ1n) is 9.49. The SMILES string of the molecule is O=C([C@@H](Sc1nnc2c(n1)[nH]c1ccccc12)c1ccccc1)N1CCOCC1. The van der Waals surface area contributed by atoms with E-state index in [0.29, 0.717) is 37.1 Å². The van der Waals surface area contributed by atoms with E-state index in [0.717, 1.165) is 22.0 Å². The summed E-state index contributed by atoms with van der Waals surface area (Å²) >= 11 is 1.33. The minimum absolute atomic E-state index is 0.0462. The molecule has 2 aromatic carbocycles. The first-order valence-corrected chi connectivity index (χ1v) is 10.4. The number of aromatic amines is 1. The van der Waals surface area contributed by atoms with Crippen LogP contribution in [0.3, 0.4) is 0 Å². The van der Waals surface area contributed by atoms with Crippen molar-refractivity contribution in [3.63, 3.8) is 0 Å². The van der Waals surface area contributed by atoms with E-state index < -0.39 is 5.25 Å². The van der Waals surface area contributed by atoms with Gasteiger partial charge in [0.25, 0.3) is 0 Å². The third-order valence-electron chi connectivity index (χ3n) is 4.98. The lowest BCUT2D eigenvalue weighted by Gasteiger charge is -2.30. The van der Waals surface area contributed by atoms with Crippen LogP contribution in [-0.4, -0.2) is 57.3 Å². The lowest BCUT2D eigenvalue weighted by molar-refractivity contribution is -0.134. The maximum atomic E-state index is 13.3. The van der Waals surface area contributed by atoms with Crippen LogP contribution >= 0.6 is 11.8 Å². The number of benzene rings is 2. The second-order valence-electron chi connectivity index (χ2n) is 6.81. The average molecular weight is 405 g/mol. The zero-order chi connectivity index (χ0) is 19.6. The first kappa shape index (κ1) is 18.1. The molecule has 0 spiro atoms. The van der Waals surface area contributed by atoms with E-state index in [4.69, 9.17) is 4.74 Å². The number of morpholine rings is 1. The molecule has 1 amide bonds. The molecule has 0 bridgehead atoms. The molecule has 1 N–H and O–H groups in total. The summed E-state index contributed by atoms with van der Waals surface area (Å²) in [4.78, 5) is 23.1. The standard InChI is InChI=1S/C21H19N5O2S/c27-20(26-10-12-28-13-11-26)18(14-6-2-1-3-7-14)29-21-23-19-17(24-25-21)15-8-4-5-9-16(15)22-19/h1-9,18H,10-13H2,(H,22,23,25)/t18-/m0/s1. The lowest BCUT2D eigenvalue weighted by Crippen LogP contribution is -2.42. The molecule has 1 aliphatic heterocycles. The minimum Gasteiger partial charge on any atom is -0.378 e. The number of nitrogens with one attached hydrogen (secondary N) is 1. The number of rotatable bonds is 4. The molecule has 0 aliphatic carbocycles. The Morgan fingerprint density at radius 3 is 2.62 bits per heavy atom. The summed E-state index contributed by atoms with van der Waals surface area (Å²) in [5.74, 6) is 0.0462. The highest BCUT2D eigenvalue weighted by atomic mass is 32.2. The van der Waals surface area contributed by atoms with Gasteiger partial charge in [0, 0.05) is 24.0 Å². The molecule has 1 atom stereocenters. The summed E-state index contributed by atoms with van der Waals surface area (Å²) in [6.45, 7) is 2.33. The van der Waals surface area contributed by atoms with Gasteiger partial charge in [0.15, 0.2) is 5.65 Å². The Labute approximate surface area is 171 Å². The molecular formula is C21H19N5O2S. The van der Waals surface area contributed by atoms with Gasteiger partial charge < -0.3 is 14.6 Å². The number of ether oxygens (including phenoxy) is 1. The molecule has 29 heavy (non-hydrogen) atoms. The Kier molecular flexibility index (Phi) is 4.87. The molecule has 5 rings (SSSR count). The third kappa shape index (κ3) is 3.56. The van der Waals surface area contributed by atoms with Gasteiger partial charge in [-0.25, -0.2) is 4.98 Å². The van der Waals surface area contributed by atoms with E-state index in [9.17, 15) is 4.79 Å². The van der Waals surface area contributed by atoms with Crippen LogP contribution in [0, 0.1) is 0 Å². The molecule has 0 unspecified atom stereocenters. The smallest absolute Gasteiger partial charge is 0.240 e. The fourth-order valence-electron chi connectivity index (χ4n) is 3.50. The van der Waals surface area contributed by atoms with Crippen LogP contribution in [0.5, 0.6) is 0 Å². The summed E-state index contributed by atoms with van der Waals surface area (Å²) in [5.41, 5.74) is 3.31. The summed E-state index contributed by atoms with van der Waals surface area (Å²) in [5, 5.41) is 9.72. The predicted octanol–water partition coefficient (Wildman–Crippen LogP) is 3.20. The molecule has 0 saturated carbocycles. The van der Waals surface area contributed by atoms with Crippen LogP contribution in [0.1, 0.15) is 10.8 Å². The van der Waals surface area contributed by atoms with E-state index in [2.05, 4.69) is 20.2 Å². The molecule has 146 valence electrons. The van der Waals surface area contributed by atoms with Crippen molar-refractivity contribution >= 4 is 39.7 Å². The normalized spacial score (nSPS) is 15.7. The van der Waals surface area contributed by atoms with Crippen LogP contribution in [-0.2, 0) is 9.53 Å². The second kappa shape index (κ2) is 7.81. The van der Waals surface area contributed by atoms with E-state index in [1.807, 2.05) is 59.5 Å². The largest absolute Gasteiger partial charge is 0.378 e. The van der Waals surface area contributed by atoms with Crippen molar-refractivity contribution in [1.29, 1.82) is 0 Å². The Morgan fingerprint density at radius 1 is 1.03 bits per heavy atom. The monoisotopic (exact) mass is 405 g/mol. The number of aromatic nitrogens is 4. The van der Waals surface area contributed by atoms with Crippen LogP contribution < -0.4 is 0 Å². The maximum absolute atomic E-state index is 13.3. The van der Waals surface area contributed by atoms with Gasteiger partial charge in [0.1, 0.15) is 10.8 Å². The number of carbonyl (C=O) groups excluding carboxylic acids is 1. The average Bonchev–Trinajstić information content (AvgIpc) is 3.16. The zero-order valence-electron chi connectivity index (χ0n) is 15.6. The van der Waals surface area contributed by atoms with Gasteiger partial charge in [-0.1, -0.05) is 60.3 Å². The van der Waals surface area contributed by atoms with Crippen LogP contribution in [0.25, 0.3) is 22.1 Å². The number of carbonyl (C=O) groups is 1. The summed E-state index contributed by atoms with van der Waals surface area (Å²) in [6, 6.07) is 17.7. The van der Waals surface area contributed by atoms with Crippen LogP contribution in [0.15, 0.2) is 59.8 Å². The van der Waals surface area contributed by atoms with E-state index in [1.54, 1.807) is 0 Å². The van der Waals surface area contributed by atoms with Crippen molar-refractivity contribution in [1.82, 2.24) is 25.1 Å². The molecule has 1 saturated heterocycles. The molecule has 7 nitrogen and oxygen atoms in total. The number of fused-ring (bicyclic) bond motifs is 3. The molecule has 1 aliphatic rings. The Balaban J connectivity index is 1.49. The lowest BCUT2D eigenvalue weighted by atomic mass is 10.1. The van der Waals surface area contributed by atoms with Gasteiger partial charge >= 0.3 is 0 Å². The summed E-state index contributed by atoms with van der Waals surface area (Å²) in [6.07, 6.45) is 0. The van der Waals surface area contributed by atoms with Crippen molar-refractivity contribution in [2.45, 2.75) is 10.4 Å². The summed E-state index contributed by atoms with van der Waals surface area (Å²) in [7, 11) is 0. The number of nitrogens with zero attached hydrogens (tertiary/aromatic N) is 4. The Hall–Kier alpha value is -2.97. The number of thioether (sulfide) groups is 1. The second-order valence-corrected chi connectivity index (χ2v) is 7.88. The van der Waals surface area contributed by atoms with Crippen molar-refractivity contribution in [3.05, 3.63) is 60.2 Å². The van der Waals surface area contributed by atoms with Crippen molar-refractivity contribution < 1.29 is 9.53 Å². The molecular weight excluding hydrogens is 386 g/mol. The third-order valence-corrected chi connectivity index (χ3v) is 6.07. The Morgan fingerprint density at radius 2 is 1.79 bits per heavy atom. The molecule has 1 fully saturated rings. The van der Waals surface area contributed by atoms with Gasteiger partial charge in [0.2, 0.25) is 11.1 Å². The number of para-hydroxylation sites is 1. The van der Waals surface area contributed by atoms with Gasteiger partial charge in [-0.3, -0.25) is 4.79 Å². The molecule has 2 aromatic heterocycles. The first-order chi connectivity index (χ1) is 14.3.